The van der Waals surface area contributed by atoms with E-state index in [0.29, 0.717) is 11.3 Å². The summed E-state index contributed by atoms with van der Waals surface area (Å²) in [5, 5.41) is 17.8. The number of hydrogen-bond donors (Lipinski definition) is 2. The van der Waals surface area contributed by atoms with Gasteiger partial charge in [-0.1, -0.05) is 18.2 Å². The van der Waals surface area contributed by atoms with Gasteiger partial charge >= 0.3 is 11.9 Å². The zero-order valence-corrected chi connectivity index (χ0v) is 10.4. The first kappa shape index (κ1) is 13.6. The summed E-state index contributed by atoms with van der Waals surface area (Å²) in [6.45, 7) is 0.106. The second-order valence-electron chi connectivity index (χ2n) is 4.08. The lowest BCUT2D eigenvalue weighted by Crippen LogP contribution is -2.05. The summed E-state index contributed by atoms with van der Waals surface area (Å²) in [4.78, 5) is 21.7. The molecule has 0 amide bonds. The Morgan fingerprint density at radius 3 is 2.15 bits per heavy atom. The summed E-state index contributed by atoms with van der Waals surface area (Å²) in [5.41, 5.74) is 0.917. The van der Waals surface area contributed by atoms with Crippen molar-refractivity contribution in [2.24, 2.45) is 0 Å². The molecule has 0 radical (unpaired) electrons. The lowest BCUT2D eigenvalue weighted by atomic mass is 10.1. The molecule has 0 saturated carbocycles. The maximum Gasteiger partial charge on any atom is 0.336 e. The largest absolute Gasteiger partial charge is 0.489 e. The van der Waals surface area contributed by atoms with Crippen LogP contribution in [0.1, 0.15) is 26.3 Å². The minimum atomic E-state index is -1.01. The molecule has 2 aromatic rings. The molecule has 0 saturated heterocycles. The highest BCUT2D eigenvalue weighted by Crippen LogP contribution is 2.16. The summed E-state index contributed by atoms with van der Waals surface area (Å²) in [6.07, 6.45) is 0. The molecule has 0 bridgehead atoms. The maximum atomic E-state index is 11.0. The summed E-state index contributed by atoms with van der Waals surface area (Å²) in [6, 6.07) is 12.5. The van der Waals surface area contributed by atoms with Gasteiger partial charge in [-0.15, -0.1) is 0 Å². The van der Waals surface area contributed by atoms with Gasteiger partial charge in [-0.2, -0.15) is 0 Å². The molecule has 0 unspecified atom stereocenters. The number of aromatic carboxylic acids is 2. The van der Waals surface area contributed by atoms with E-state index in [-0.39, 0.29) is 17.7 Å². The van der Waals surface area contributed by atoms with Crippen LogP contribution in [0.25, 0.3) is 0 Å². The van der Waals surface area contributed by atoms with Crippen molar-refractivity contribution in [2.45, 2.75) is 6.61 Å². The van der Waals surface area contributed by atoms with Gasteiger partial charge in [0, 0.05) is 5.56 Å². The van der Waals surface area contributed by atoms with Crippen molar-refractivity contribution in [3.63, 3.8) is 0 Å². The molecule has 102 valence electrons. The van der Waals surface area contributed by atoms with Crippen LogP contribution in [0.3, 0.4) is 0 Å². The molecule has 0 spiro atoms. The van der Waals surface area contributed by atoms with Crippen LogP contribution in [0.15, 0.2) is 48.5 Å². The highest BCUT2D eigenvalue weighted by Gasteiger charge is 2.09. The van der Waals surface area contributed by atoms with Crippen LogP contribution in [-0.4, -0.2) is 22.2 Å². The predicted octanol–water partition coefficient (Wildman–Crippen LogP) is 2.66. The van der Waals surface area contributed by atoms with Crippen molar-refractivity contribution >= 4 is 11.9 Å². The lowest BCUT2D eigenvalue weighted by molar-refractivity contribution is 0.0684. The molecule has 0 fully saturated rings. The average molecular weight is 272 g/mol. The average Bonchev–Trinajstić information content (AvgIpc) is 2.45. The third-order valence-corrected chi connectivity index (χ3v) is 2.74. The Bertz CT molecular complexity index is 631. The van der Waals surface area contributed by atoms with Gasteiger partial charge in [-0.25, -0.2) is 9.59 Å². The Morgan fingerprint density at radius 2 is 1.55 bits per heavy atom. The third kappa shape index (κ3) is 3.14. The first-order chi connectivity index (χ1) is 9.58. The standard InChI is InChI=1S/C15H12O5/c16-14(17)10-5-7-12(8-6-10)20-9-11-3-1-2-4-13(11)15(18)19/h1-8H,9H2,(H,16,17)(H,18,19). The first-order valence-corrected chi connectivity index (χ1v) is 5.85. The highest BCUT2D eigenvalue weighted by atomic mass is 16.5. The number of benzene rings is 2. The van der Waals surface area contributed by atoms with E-state index in [2.05, 4.69) is 0 Å². The van der Waals surface area contributed by atoms with Crippen LogP contribution in [0.2, 0.25) is 0 Å². The van der Waals surface area contributed by atoms with E-state index in [1.165, 1.54) is 30.3 Å². The number of carbonyl (C=O) groups is 2. The molecule has 5 nitrogen and oxygen atoms in total. The van der Waals surface area contributed by atoms with E-state index < -0.39 is 11.9 Å². The van der Waals surface area contributed by atoms with Gasteiger partial charge in [-0.3, -0.25) is 0 Å². The second-order valence-corrected chi connectivity index (χ2v) is 4.08. The zero-order valence-electron chi connectivity index (χ0n) is 10.4. The Hall–Kier alpha value is -2.82. The second kappa shape index (κ2) is 5.88. The number of hydrogen-bond acceptors (Lipinski definition) is 3. The van der Waals surface area contributed by atoms with E-state index in [1.54, 1.807) is 18.2 Å². The van der Waals surface area contributed by atoms with Crippen molar-refractivity contribution in [2.75, 3.05) is 0 Å². The Morgan fingerprint density at radius 1 is 0.900 bits per heavy atom. The van der Waals surface area contributed by atoms with Crippen molar-refractivity contribution in [3.8, 4) is 5.75 Å². The van der Waals surface area contributed by atoms with Gasteiger partial charge in [0.05, 0.1) is 11.1 Å². The minimum Gasteiger partial charge on any atom is -0.489 e. The number of ether oxygens (including phenoxy) is 1. The number of rotatable bonds is 5. The lowest BCUT2D eigenvalue weighted by Gasteiger charge is -2.08. The van der Waals surface area contributed by atoms with Crippen molar-refractivity contribution in [3.05, 3.63) is 65.2 Å². The molecule has 0 aliphatic heterocycles. The Kier molecular flexibility index (Phi) is 4.00. The SMILES string of the molecule is O=C(O)c1ccc(OCc2ccccc2C(=O)O)cc1. The summed E-state index contributed by atoms with van der Waals surface area (Å²) in [5.74, 6) is -1.53. The molecule has 2 aromatic carbocycles. The van der Waals surface area contributed by atoms with Crippen molar-refractivity contribution in [1.82, 2.24) is 0 Å². The van der Waals surface area contributed by atoms with E-state index in [1.807, 2.05) is 0 Å². The monoisotopic (exact) mass is 272 g/mol. The van der Waals surface area contributed by atoms with E-state index in [0.717, 1.165) is 0 Å². The van der Waals surface area contributed by atoms with Crippen LogP contribution in [0.5, 0.6) is 5.75 Å². The van der Waals surface area contributed by atoms with E-state index in [4.69, 9.17) is 14.9 Å². The van der Waals surface area contributed by atoms with Crippen LogP contribution in [-0.2, 0) is 6.61 Å². The highest BCUT2D eigenvalue weighted by molar-refractivity contribution is 5.89. The summed E-state index contributed by atoms with van der Waals surface area (Å²) >= 11 is 0. The summed E-state index contributed by atoms with van der Waals surface area (Å²) in [7, 11) is 0. The smallest absolute Gasteiger partial charge is 0.336 e. The fourth-order valence-electron chi connectivity index (χ4n) is 1.71. The Labute approximate surface area is 115 Å². The topological polar surface area (TPSA) is 83.8 Å². The van der Waals surface area contributed by atoms with Crippen molar-refractivity contribution in [1.29, 1.82) is 0 Å². The molecule has 20 heavy (non-hydrogen) atoms. The van der Waals surface area contributed by atoms with E-state index >= 15 is 0 Å². The number of carboxylic acids is 2. The molecule has 0 aliphatic rings. The van der Waals surface area contributed by atoms with Gasteiger partial charge < -0.3 is 14.9 Å². The van der Waals surface area contributed by atoms with Gasteiger partial charge in [0.15, 0.2) is 0 Å². The molecule has 2 N–H and O–H groups in total. The fraction of sp³-hybridized carbons (Fsp3) is 0.0667. The van der Waals surface area contributed by atoms with Crippen LogP contribution in [0.4, 0.5) is 0 Å². The molecule has 0 heterocycles. The van der Waals surface area contributed by atoms with E-state index in [9.17, 15) is 9.59 Å². The van der Waals surface area contributed by atoms with Crippen LogP contribution in [0, 0.1) is 0 Å². The van der Waals surface area contributed by atoms with Crippen LogP contribution < -0.4 is 4.74 Å². The molecular weight excluding hydrogens is 260 g/mol. The zero-order chi connectivity index (χ0) is 14.5. The quantitative estimate of drug-likeness (QED) is 0.874. The first-order valence-electron chi connectivity index (χ1n) is 5.85. The molecule has 0 aromatic heterocycles. The third-order valence-electron chi connectivity index (χ3n) is 2.74. The van der Waals surface area contributed by atoms with Gasteiger partial charge in [0.2, 0.25) is 0 Å². The molecule has 2 rings (SSSR count). The Balaban J connectivity index is 2.09. The number of carboxylic acid groups (broad SMARTS) is 2. The maximum absolute atomic E-state index is 11.0. The van der Waals surface area contributed by atoms with Crippen LogP contribution >= 0.6 is 0 Å². The normalized spacial score (nSPS) is 10.0. The van der Waals surface area contributed by atoms with Gasteiger partial charge in [-0.05, 0) is 30.3 Å². The minimum absolute atomic E-state index is 0.106. The predicted molar refractivity (Wildman–Crippen MR) is 71.1 cm³/mol. The summed E-state index contributed by atoms with van der Waals surface area (Å²) < 4.78 is 5.46. The fourth-order valence-corrected chi connectivity index (χ4v) is 1.71. The van der Waals surface area contributed by atoms with Crippen molar-refractivity contribution < 1.29 is 24.5 Å². The molecule has 5 heteroatoms. The molecule has 0 atom stereocenters. The van der Waals surface area contributed by atoms with Gasteiger partial charge in [0.25, 0.3) is 0 Å². The molecule has 0 aliphatic carbocycles. The molecular formula is C15H12O5. The van der Waals surface area contributed by atoms with Gasteiger partial charge in [0.1, 0.15) is 12.4 Å².